The van der Waals surface area contributed by atoms with E-state index in [1.807, 2.05) is 0 Å². The first kappa shape index (κ1) is 17.9. The molecule has 0 radical (unpaired) electrons. The molecule has 0 aromatic heterocycles. The number of aromatic carboxylic acids is 1. The van der Waals surface area contributed by atoms with E-state index in [4.69, 9.17) is 9.47 Å². The lowest BCUT2D eigenvalue weighted by molar-refractivity contribution is 0.0652. The monoisotopic (exact) mass is 362 g/mol. The Morgan fingerprint density at radius 1 is 0.630 bits per heavy atom. The normalized spacial score (nSPS) is 10.1. The first-order valence-electron chi connectivity index (χ1n) is 7.97. The maximum Gasteiger partial charge on any atom is 0.343 e. The van der Waals surface area contributed by atoms with Crippen LogP contribution in [0.5, 0.6) is 11.5 Å². The SMILES string of the molecule is O=C(Oc1cccc(C(=O)O)c1OC(=O)c1ccccc1)c1ccccc1. The van der Waals surface area contributed by atoms with Gasteiger partial charge in [-0.05, 0) is 36.4 Å². The van der Waals surface area contributed by atoms with Crippen LogP contribution in [-0.4, -0.2) is 23.0 Å². The molecule has 0 amide bonds. The largest absolute Gasteiger partial charge is 0.478 e. The molecule has 0 fully saturated rings. The lowest BCUT2D eigenvalue weighted by Gasteiger charge is -2.13. The van der Waals surface area contributed by atoms with Crippen LogP contribution in [0.1, 0.15) is 31.1 Å². The zero-order valence-electron chi connectivity index (χ0n) is 14.0. The number of rotatable bonds is 5. The second kappa shape index (κ2) is 7.97. The van der Waals surface area contributed by atoms with Gasteiger partial charge in [0.15, 0.2) is 11.5 Å². The molecule has 3 aromatic carbocycles. The zero-order valence-corrected chi connectivity index (χ0v) is 14.0. The first-order chi connectivity index (χ1) is 13.1. The van der Waals surface area contributed by atoms with Crippen molar-refractivity contribution in [3.63, 3.8) is 0 Å². The molecule has 0 atom stereocenters. The molecule has 6 heteroatoms. The van der Waals surface area contributed by atoms with E-state index in [0.29, 0.717) is 0 Å². The highest BCUT2D eigenvalue weighted by Crippen LogP contribution is 2.33. The Balaban J connectivity index is 1.94. The fourth-order valence-corrected chi connectivity index (χ4v) is 2.33. The van der Waals surface area contributed by atoms with Gasteiger partial charge in [-0.3, -0.25) is 0 Å². The van der Waals surface area contributed by atoms with Crippen molar-refractivity contribution in [2.45, 2.75) is 0 Å². The van der Waals surface area contributed by atoms with Crippen LogP contribution in [0.25, 0.3) is 0 Å². The Labute approximate surface area is 154 Å². The van der Waals surface area contributed by atoms with E-state index in [1.165, 1.54) is 30.3 Å². The van der Waals surface area contributed by atoms with Crippen LogP contribution in [0.4, 0.5) is 0 Å². The predicted molar refractivity (Wildman–Crippen MR) is 96.2 cm³/mol. The van der Waals surface area contributed by atoms with E-state index in [9.17, 15) is 19.5 Å². The predicted octanol–water partition coefficient (Wildman–Crippen LogP) is 3.82. The van der Waals surface area contributed by atoms with Gasteiger partial charge in [-0.2, -0.15) is 0 Å². The van der Waals surface area contributed by atoms with E-state index in [1.54, 1.807) is 48.5 Å². The maximum absolute atomic E-state index is 12.3. The third kappa shape index (κ3) is 4.19. The zero-order chi connectivity index (χ0) is 19.2. The summed E-state index contributed by atoms with van der Waals surface area (Å²) in [6.07, 6.45) is 0. The van der Waals surface area contributed by atoms with Crippen LogP contribution in [-0.2, 0) is 0 Å². The van der Waals surface area contributed by atoms with Gasteiger partial charge in [0.1, 0.15) is 5.56 Å². The molecule has 0 saturated heterocycles. The van der Waals surface area contributed by atoms with Gasteiger partial charge in [0.05, 0.1) is 11.1 Å². The molecule has 0 aliphatic rings. The highest BCUT2D eigenvalue weighted by atomic mass is 16.6. The Hall–Kier alpha value is -3.93. The van der Waals surface area contributed by atoms with E-state index in [2.05, 4.69) is 0 Å². The first-order valence-corrected chi connectivity index (χ1v) is 7.97. The highest BCUT2D eigenvalue weighted by Gasteiger charge is 2.22. The molecule has 0 aliphatic heterocycles. The average Bonchev–Trinajstić information content (AvgIpc) is 2.70. The van der Waals surface area contributed by atoms with Crippen molar-refractivity contribution in [2.75, 3.05) is 0 Å². The summed E-state index contributed by atoms with van der Waals surface area (Å²) in [6.45, 7) is 0. The molecular formula is C21H14O6. The molecule has 27 heavy (non-hydrogen) atoms. The highest BCUT2D eigenvalue weighted by molar-refractivity contribution is 5.97. The average molecular weight is 362 g/mol. The number of esters is 2. The second-order valence-corrected chi connectivity index (χ2v) is 5.45. The molecule has 0 saturated carbocycles. The fraction of sp³-hybridized carbons (Fsp3) is 0. The van der Waals surface area contributed by atoms with Crippen molar-refractivity contribution in [1.82, 2.24) is 0 Å². The number of carboxylic acid groups (broad SMARTS) is 1. The third-order valence-electron chi connectivity index (χ3n) is 3.63. The number of benzene rings is 3. The van der Waals surface area contributed by atoms with Crippen LogP contribution < -0.4 is 9.47 Å². The molecule has 134 valence electrons. The van der Waals surface area contributed by atoms with Crippen molar-refractivity contribution >= 4 is 17.9 Å². The smallest absolute Gasteiger partial charge is 0.343 e. The molecule has 0 heterocycles. The number of carbonyl (C=O) groups excluding carboxylic acids is 2. The summed E-state index contributed by atoms with van der Waals surface area (Å²) >= 11 is 0. The molecule has 0 unspecified atom stereocenters. The van der Waals surface area contributed by atoms with Gasteiger partial charge >= 0.3 is 17.9 Å². The van der Waals surface area contributed by atoms with E-state index in [-0.39, 0.29) is 28.2 Å². The molecular weight excluding hydrogens is 348 g/mol. The Bertz CT molecular complexity index is 980. The third-order valence-corrected chi connectivity index (χ3v) is 3.63. The summed E-state index contributed by atoms with van der Waals surface area (Å²) in [5.41, 5.74) is 0.217. The van der Waals surface area contributed by atoms with Crippen LogP contribution in [0.2, 0.25) is 0 Å². The molecule has 3 aromatic rings. The summed E-state index contributed by atoms with van der Waals surface area (Å²) in [5.74, 6) is -3.27. The fourth-order valence-electron chi connectivity index (χ4n) is 2.33. The minimum absolute atomic E-state index is 0.159. The van der Waals surface area contributed by atoms with Crippen LogP contribution in [0, 0.1) is 0 Å². The topological polar surface area (TPSA) is 89.9 Å². The van der Waals surface area contributed by atoms with Gasteiger partial charge in [0, 0.05) is 0 Å². The lowest BCUT2D eigenvalue weighted by Crippen LogP contribution is -2.15. The second-order valence-electron chi connectivity index (χ2n) is 5.45. The number of carboxylic acids is 1. The standard InChI is InChI=1S/C21H14O6/c22-19(23)16-12-7-13-17(26-20(24)14-8-3-1-4-9-14)18(16)27-21(25)15-10-5-2-6-11-15/h1-13H,(H,22,23). The minimum Gasteiger partial charge on any atom is -0.478 e. The van der Waals surface area contributed by atoms with Crippen molar-refractivity contribution in [3.8, 4) is 11.5 Å². The minimum atomic E-state index is -1.32. The molecule has 6 nitrogen and oxygen atoms in total. The molecule has 3 rings (SSSR count). The summed E-state index contributed by atoms with van der Waals surface area (Å²) < 4.78 is 10.5. The Kier molecular flexibility index (Phi) is 5.28. The van der Waals surface area contributed by atoms with Gasteiger partial charge in [0.25, 0.3) is 0 Å². The van der Waals surface area contributed by atoms with Gasteiger partial charge in [-0.25, -0.2) is 14.4 Å². The van der Waals surface area contributed by atoms with E-state index in [0.717, 1.165) is 0 Å². The number of hydrogen-bond acceptors (Lipinski definition) is 5. The van der Waals surface area contributed by atoms with Crippen molar-refractivity contribution < 1.29 is 29.0 Å². The van der Waals surface area contributed by atoms with Crippen molar-refractivity contribution in [2.24, 2.45) is 0 Å². The van der Waals surface area contributed by atoms with Crippen LogP contribution in [0.3, 0.4) is 0 Å². The quantitative estimate of drug-likeness (QED) is 0.548. The molecule has 0 aliphatic carbocycles. The van der Waals surface area contributed by atoms with Gasteiger partial charge in [-0.1, -0.05) is 42.5 Å². The number of hydrogen-bond donors (Lipinski definition) is 1. The van der Waals surface area contributed by atoms with Crippen LogP contribution >= 0.6 is 0 Å². The molecule has 0 spiro atoms. The van der Waals surface area contributed by atoms with E-state index < -0.39 is 17.9 Å². The summed E-state index contributed by atoms with van der Waals surface area (Å²) in [5, 5.41) is 9.39. The number of para-hydroxylation sites is 1. The summed E-state index contributed by atoms with van der Waals surface area (Å²) in [4.78, 5) is 36.2. The summed E-state index contributed by atoms with van der Waals surface area (Å²) in [6, 6.07) is 20.3. The maximum atomic E-state index is 12.3. The molecule has 0 bridgehead atoms. The Morgan fingerprint density at radius 2 is 1.15 bits per heavy atom. The number of ether oxygens (including phenoxy) is 2. The van der Waals surface area contributed by atoms with Crippen molar-refractivity contribution in [1.29, 1.82) is 0 Å². The van der Waals surface area contributed by atoms with Gasteiger partial charge in [0.2, 0.25) is 0 Å². The summed E-state index contributed by atoms with van der Waals surface area (Å²) in [7, 11) is 0. The van der Waals surface area contributed by atoms with Gasteiger partial charge < -0.3 is 14.6 Å². The lowest BCUT2D eigenvalue weighted by atomic mass is 10.1. The number of carbonyl (C=O) groups is 3. The van der Waals surface area contributed by atoms with Crippen LogP contribution in [0.15, 0.2) is 78.9 Å². The Morgan fingerprint density at radius 3 is 1.67 bits per heavy atom. The van der Waals surface area contributed by atoms with Gasteiger partial charge in [-0.15, -0.1) is 0 Å². The van der Waals surface area contributed by atoms with E-state index >= 15 is 0 Å². The molecule has 1 N–H and O–H groups in total. The van der Waals surface area contributed by atoms with Crippen molar-refractivity contribution in [3.05, 3.63) is 95.6 Å².